The summed E-state index contributed by atoms with van der Waals surface area (Å²) in [6, 6.07) is 0. The van der Waals surface area contributed by atoms with E-state index in [9.17, 15) is 13.5 Å². The van der Waals surface area contributed by atoms with Gasteiger partial charge >= 0.3 is 0 Å². The minimum atomic E-state index is -3.36. The van der Waals surface area contributed by atoms with E-state index in [1.54, 1.807) is 0 Å². The van der Waals surface area contributed by atoms with Gasteiger partial charge in [0, 0.05) is 26.2 Å². The highest BCUT2D eigenvalue weighted by Gasteiger charge is 2.47. The topological polar surface area (TPSA) is 60.9 Å². The van der Waals surface area contributed by atoms with E-state index < -0.39 is 15.8 Å². The monoisotopic (exact) mass is 264 g/mol. The second-order valence-corrected chi connectivity index (χ2v) is 6.68. The van der Waals surface area contributed by atoms with Crippen LogP contribution in [-0.2, 0) is 10.2 Å². The number of β-amino-alcohol motifs (C(OH)–C–C–N with tert-alkyl or cyclic N) is 1. The lowest BCUT2D eigenvalue weighted by atomic mass is 9.94. The van der Waals surface area contributed by atoms with Crippen LogP contribution in [-0.4, -0.2) is 53.9 Å². The lowest BCUT2D eigenvalue weighted by Gasteiger charge is -2.46. The van der Waals surface area contributed by atoms with Crippen molar-refractivity contribution in [3.63, 3.8) is 0 Å². The van der Waals surface area contributed by atoms with Gasteiger partial charge in [-0.05, 0) is 19.3 Å². The number of aliphatic hydroxyl groups is 1. The number of hydrogen-bond acceptors (Lipinski definition) is 3. The van der Waals surface area contributed by atoms with Crippen LogP contribution in [0.15, 0.2) is 0 Å². The summed E-state index contributed by atoms with van der Waals surface area (Å²) in [5, 5.41) is 9.87. The zero-order valence-corrected chi connectivity index (χ0v) is 11.8. The predicted molar refractivity (Wildman–Crippen MR) is 67.9 cm³/mol. The molecule has 6 heteroatoms. The predicted octanol–water partition coefficient (Wildman–Crippen LogP) is 0.810. The average Bonchev–Trinajstić information content (AvgIpc) is 2.24. The molecule has 0 saturated carbocycles. The van der Waals surface area contributed by atoms with Crippen LogP contribution in [0.2, 0.25) is 0 Å². The van der Waals surface area contributed by atoms with Crippen LogP contribution < -0.4 is 0 Å². The summed E-state index contributed by atoms with van der Waals surface area (Å²) < 4.78 is 27.4. The molecule has 1 rings (SSSR count). The molecule has 0 aromatic rings. The summed E-state index contributed by atoms with van der Waals surface area (Å²) in [4.78, 5) is 0. The number of rotatable bonds is 7. The minimum absolute atomic E-state index is 0.232. The van der Waals surface area contributed by atoms with Crippen molar-refractivity contribution in [1.29, 1.82) is 0 Å². The zero-order valence-electron chi connectivity index (χ0n) is 11.0. The van der Waals surface area contributed by atoms with Gasteiger partial charge in [-0.25, -0.2) is 0 Å². The van der Waals surface area contributed by atoms with Crippen molar-refractivity contribution in [3.05, 3.63) is 0 Å². The molecule has 1 aliphatic heterocycles. The highest BCUT2D eigenvalue weighted by atomic mass is 32.2. The first-order valence-electron chi connectivity index (χ1n) is 6.37. The van der Waals surface area contributed by atoms with Gasteiger partial charge in [-0.15, -0.1) is 0 Å². The van der Waals surface area contributed by atoms with E-state index in [1.807, 2.05) is 20.8 Å². The normalized spacial score (nSPS) is 20.5. The van der Waals surface area contributed by atoms with Crippen molar-refractivity contribution in [1.82, 2.24) is 8.61 Å². The lowest BCUT2D eigenvalue weighted by molar-refractivity contribution is -0.0635. The van der Waals surface area contributed by atoms with E-state index in [0.717, 1.165) is 12.8 Å². The molecule has 1 aliphatic rings. The Morgan fingerprint density at radius 2 is 1.65 bits per heavy atom. The van der Waals surface area contributed by atoms with E-state index in [2.05, 4.69) is 0 Å². The largest absolute Gasteiger partial charge is 0.387 e. The van der Waals surface area contributed by atoms with Crippen LogP contribution in [0.25, 0.3) is 0 Å². The molecule has 1 N–H and O–H groups in total. The Bertz CT molecular complexity index is 331. The fourth-order valence-corrected chi connectivity index (χ4v) is 3.96. The summed E-state index contributed by atoms with van der Waals surface area (Å²) in [6.07, 6.45) is 2.22. The lowest BCUT2D eigenvalue weighted by Crippen LogP contribution is -2.65. The second kappa shape index (κ2) is 5.65. The Balaban J connectivity index is 2.67. The molecule has 0 spiro atoms. The van der Waals surface area contributed by atoms with Crippen molar-refractivity contribution in [2.45, 2.75) is 45.6 Å². The van der Waals surface area contributed by atoms with Crippen molar-refractivity contribution < 1.29 is 13.5 Å². The summed E-state index contributed by atoms with van der Waals surface area (Å²) >= 11 is 0. The van der Waals surface area contributed by atoms with Crippen LogP contribution in [0.5, 0.6) is 0 Å². The Kier molecular flexibility index (Phi) is 4.95. The first-order valence-corrected chi connectivity index (χ1v) is 7.77. The molecular weight excluding hydrogens is 240 g/mol. The molecule has 0 aromatic carbocycles. The first kappa shape index (κ1) is 14.9. The third kappa shape index (κ3) is 3.19. The standard InChI is InChI=1S/C11H24N2O3S/c1-4-7-12(8-5-2)17(15,16)13-9-11(14,6-3)10-13/h14H,4-10H2,1-3H3. The highest BCUT2D eigenvalue weighted by molar-refractivity contribution is 7.86. The maximum absolute atomic E-state index is 12.2. The van der Waals surface area contributed by atoms with Gasteiger partial charge in [-0.2, -0.15) is 17.0 Å². The molecule has 1 fully saturated rings. The Morgan fingerprint density at radius 3 is 2.00 bits per heavy atom. The fourth-order valence-electron chi connectivity index (χ4n) is 2.00. The van der Waals surface area contributed by atoms with Crippen LogP contribution in [0.1, 0.15) is 40.0 Å². The molecule has 102 valence electrons. The van der Waals surface area contributed by atoms with Crippen LogP contribution >= 0.6 is 0 Å². The molecule has 0 atom stereocenters. The molecule has 0 unspecified atom stereocenters. The maximum Gasteiger partial charge on any atom is 0.282 e. The third-order valence-electron chi connectivity index (χ3n) is 3.20. The van der Waals surface area contributed by atoms with Gasteiger partial charge in [0.2, 0.25) is 0 Å². The van der Waals surface area contributed by atoms with Crippen molar-refractivity contribution in [2.75, 3.05) is 26.2 Å². The molecule has 0 aliphatic carbocycles. The molecule has 0 amide bonds. The van der Waals surface area contributed by atoms with E-state index in [-0.39, 0.29) is 13.1 Å². The second-order valence-electron chi connectivity index (χ2n) is 4.75. The molecule has 1 saturated heterocycles. The van der Waals surface area contributed by atoms with E-state index in [1.165, 1.54) is 8.61 Å². The molecule has 17 heavy (non-hydrogen) atoms. The Hall–Kier alpha value is -0.170. The molecule has 0 aromatic heterocycles. The van der Waals surface area contributed by atoms with Crippen LogP contribution in [0.3, 0.4) is 0 Å². The number of hydrogen-bond donors (Lipinski definition) is 1. The Labute approximate surface area is 105 Å². The van der Waals surface area contributed by atoms with Gasteiger partial charge in [-0.1, -0.05) is 20.8 Å². The van der Waals surface area contributed by atoms with E-state index >= 15 is 0 Å². The summed E-state index contributed by atoms with van der Waals surface area (Å²) in [5.41, 5.74) is -0.808. The fraction of sp³-hybridized carbons (Fsp3) is 1.00. The van der Waals surface area contributed by atoms with Crippen molar-refractivity contribution in [2.24, 2.45) is 0 Å². The SMILES string of the molecule is CCCN(CCC)S(=O)(=O)N1CC(O)(CC)C1. The molecule has 5 nitrogen and oxygen atoms in total. The minimum Gasteiger partial charge on any atom is -0.387 e. The van der Waals surface area contributed by atoms with Crippen molar-refractivity contribution >= 4 is 10.2 Å². The molecule has 0 bridgehead atoms. The summed E-state index contributed by atoms with van der Waals surface area (Å²) in [6.45, 7) is 7.38. The van der Waals surface area contributed by atoms with Gasteiger partial charge in [0.15, 0.2) is 0 Å². The zero-order chi connectivity index (χ0) is 13.1. The molecule has 0 radical (unpaired) electrons. The van der Waals surface area contributed by atoms with Crippen LogP contribution in [0, 0.1) is 0 Å². The Morgan fingerprint density at radius 1 is 1.18 bits per heavy atom. The van der Waals surface area contributed by atoms with Crippen molar-refractivity contribution in [3.8, 4) is 0 Å². The molecule has 1 heterocycles. The summed E-state index contributed by atoms with van der Waals surface area (Å²) in [5.74, 6) is 0. The van der Waals surface area contributed by atoms with E-state index in [4.69, 9.17) is 0 Å². The van der Waals surface area contributed by atoms with Gasteiger partial charge < -0.3 is 5.11 Å². The van der Waals surface area contributed by atoms with E-state index in [0.29, 0.717) is 19.5 Å². The quantitative estimate of drug-likeness (QED) is 0.740. The maximum atomic E-state index is 12.2. The number of nitrogens with zero attached hydrogens (tertiary/aromatic N) is 2. The van der Waals surface area contributed by atoms with Gasteiger partial charge in [0.25, 0.3) is 10.2 Å². The van der Waals surface area contributed by atoms with Crippen LogP contribution in [0.4, 0.5) is 0 Å². The first-order chi connectivity index (χ1) is 7.89. The average molecular weight is 264 g/mol. The van der Waals surface area contributed by atoms with Gasteiger partial charge in [0.1, 0.15) is 0 Å². The molecular formula is C11H24N2O3S. The highest BCUT2D eigenvalue weighted by Crippen LogP contribution is 2.28. The van der Waals surface area contributed by atoms with Gasteiger partial charge in [0.05, 0.1) is 5.60 Å². The summed E-state index contributed by atoms with van der Waals surface area (Å²) in [7, 11) is -3.36. The third-order valence-corrected chi connectivity index (χ3v) is 5.13. The van der Waals surface area contributed by atoms with Gasteiger partial charge in [-0.3, -0.25) is 0 Å². The smallest absolute Gasteiger partial charge is 0.282 e.